The van der Waals surface area contributed by atoms with E-state index >= 15 is 0 Å². The van der Waals surface area contributed by atoms with Crippen molar-refractivity contribution in [3.05, 3.63) is 16.5 Å². The van der Waals surface area contributed by atoms with Crippen molar-refractivity contribution in [2.45, 2.75) is 37.8 Å². The molecule has 1 amide bonds. The summed E-state index contributed by atoms with van der Waals surface area (Å²) in [6.45, 7) is 6.58. The molecule has 7 heteroatoms. The van der Waals surface area contributed by atoms with E-state index < -0.39 is 10.0 Å². The summed E-state index contributed by atoms with van der Waals surface area (Å²) in [6.07, 6.45) is 2.27. The number of nitrogens with two attached hydrogens (primary N) is 1. The van der Waals surface area contributed by atoms with Crippen LogP contribution < -0.4 is 10.5 Å². The van der Waals surface area contributed by atoms with Crippen LogP contribution >= 0.6 is 11.3 Å². The lowest BCUT2D eigenvalue weighted by atomic mass is 9.92. The van der Waals surface area contributed by atoms with Crippen LogP contribution in [0.4, 0.5) is 0 Å². The number of nitrogens with one attached hydrogen (secondary N) is 1. The van der Waals surface area contributed by atoms with Gasteiger partial charge in [0.15, 0.2) is 0 Å². The highest BCUT2D eigenvalue weighted by Crippen LogP contribution is 2.51. The highest BCUT2D eigenvalue weighted by molar-refractivity contribution is 7.91. The second kappa shape index (κ2) is 5.13. The lowest BCUT2D eigenvalue weighted by Gasteiger charge is -2.19. The van der Waals surface area contributed by atoms with E-state index in [1.807, 2.05) is 0 Å². The Bertz CT molecular complexity index is 628. The fourth-order valence-corrected chi connectivity index (χ4v) is 4.39. The standard InChI is InChI=1S/C13H20N2O3S2/c1-8(2)13(4-5-13)7-15-11(16)10-6-19-12(9(10)3)20(14,17)18/h6,8H,4-5,7H2,1-3H3,(H,15,16)(H2,14,17,18). The number of amides is 1. The highest BCUT2D eigenvalue weighted by Gasteiger charge is 2.45. The Kier molecular flexibility index (Phi) is 3.96. The molecule has 0 atom stereocenters. The molecule has 1 aromatic heterocycles. The van der Waals surface area contributed by atoms with Gasteiger partial charge in [0.2, 0.25) is 10.0 Å². The van der Waals surface area contributed by atoms with Crippen LogP contribution in [0.25, 0.3) is 0 Å². The van der Waals surface area contributed by atoms with Crippen molar-refractivity contribution in [2.75, 3.05) is 6.54 Å². The van der Waals surface area contributed by atoms with Gasteiger partial charge in [-0.05, 0) is 36.7 Å². The average Bonchev–Trinajstić information content (AvgIpc) is 3.02. The SMILES string of the molecule is Cc1c(C(=O)NCC2(C(C)C)CC2)csc1S(N)(=O)=O. The highest BCUT2D eigenvalue weighted by atomic mass is 32.2. The summed E-state index contributed by atoms with van der Waals surface area (Å²) in [5, 5.41) is 9.59. The first-order valence-electron chi connectivity index (χ1n) is 6.56. The zero-order valence-electron chi connectivity index (χ0n) is 11.9. The topological polar surface area (TPSA) is 89.3 Å². The molecule has 112 valence electrons. The van der Waals surface area contributed by atoms with Gasteiger partial charge in [0.05, 0.1) is 5.56 Å². The molecule has 20 heavy (non-hydrogen) atoms. The number of carbonyl (C=O) groups excluding carboxylic acids is 1. The van der Waals surface area contributed by atoms with Crippen molar-refractivity contribution < 1.29 is 13.2 Å². The molecule has 0 radical (unpaired) electrons. The molecule has 1 fully saturated rings. The Balaban J connectivity index is 2.09. The van der Waals surface area contributed by atoms with Crippen LogP contribution in [0, 0.1) is 18.3 Å². The van der Waals surface area contributed by atoms with Crippen LogP contribution in [-0.4, -0.2) is 20.9 Å². The molecule has 1 aliphatic carbocycles. The normalized spacial score (nSPS) is 17.2. The Morgan fingerprint density at radius 1 is 1.50 bits per heavy atom. The largest absolute Gasteiger partial charge is 0.351 e. The lowest BCUT2D eigenvalue weighted by Crippen LogP contribution is -2.32. The van der Waals surface area contributed by atoms with Gasteiger partial charge in [0.25, 0.3) is 5.91 Å². The Labute approximate surface area is 123 Å². The molecule has 0 aliphatic heterocycles. The third-order valence-corrected chi connectivity index (χ3v) is 6.90. The molecule has 1 aromatic rings. The molecule has 0 aromatic carbocycles. The van der Waals surface area contributed by atoms with E-state index in [2.05, 4.69) is 19.2 Å². The lowest BCUT2D eigenvalue weighted by molar-refractivity contribution is 0.0939. The molecule has 0 bridgehead atoms. The van der Waals surface area contributed by atoms with Crippen molar-refractivity contribution in [3.8, 4) is 0 Å². The van der Waals surface area contributed by atoms with E-state index in [0.29, 0.717) is 23.6 Å². The van der Waals surface area contributed by atoms with Crippen LogP contribution in [0.3, 0.4) is 0 Å². The summed E-state index contributed by atoms with van der Waals surface area (Å²) >= 11 is 0.993. The van der Waals surface area contributed by atoms with E-state index in [0.717, 1.165) is 24.2 Å². The van der Waals surface area contributed by atoms with Gasteiger partial charge in [-0.3, -0.25) is 4.79 Å². The van der Waals surface area contributed by atoms with Gasteiger partial charge in [-0.25, -0.2) is 13.6 Å². The second-order valence-electron chi connectivity index (χ2n) is 5.81. The summed E-state index contributed by atoms with van der Waals surface area (Å²) in [5.41, 5.74) is 1.06. The van der Waals surface area contributed by atoms with Crippen LogP contribution in [0.15, 0.2) is 9.59 Å². The minimum absolute atomic E-state index is 0.0626. The van der Waals surface area contributed by atoms with Crippen LogP contribution in [0.2, 0.25) is 0 Å². The predicted molar refractivity (Wildman–Crippen MR) is 79.3 cm³/mol. The zero-order valence-corrected chi connectivity index (χ0v) is 13.5. The summed E-state index contributed by atoms with van der Waals surface area (Å²) in [5.74, 6) is 0.312. The van der Waals surface area contributed by atoms with E-state index in [-0.39, 0.29) is 15.5 Å². The van der Waals surface area contributed by atoms with Gasteiger partial charge >= 0.3 is 0 Å². The van der Waals surface area contributed by atoms with Gasteiger partial charge in [0, 0.05) is 11.9 Å². The van der Waals surface area contributed by atoms with Crippen molar-refractivity contribution in [3.63, 3.8) is 0 Å². The monoisotopic (exact) mass is 316 g/mol. The fourth-order valence-electron chi connectivity index (χ4n) is 2.37. The van der Waals surface area contributed by atoms with Gasteiger partial charge in [0.1, 0.15) is 4.21 Å². The third-order valence-electron chi connectivity index (χ3n) is 4.22. The van der Waals surface area contributed by atoms with Crippen LogP contribution in [0.1, 0.15) is 42.6 Å². The number of sulfonamides is 1. The van der Waals surface area contributed by atoms with Crippen LogP contribution in [-0.2, 0) is 10.0 Å². The quantitative estimate of drug-likeness (QED) is 0.869. The Hall–Kier alpha value is -0.920. The second-order valence-corrected chi connectivity index (χ2v) is 8.44. The molecule has 5 nitrogen and oxygen atoms in total. The van der Waals surface area contributed by atoms with Crippen molar-refractivity contribution in [1.82, 2.24) is 5.32 Å². The number of hydrogen-bond donors (Lipinski definition) is 2. The maximum atomic E-state index is 12.2. The first kappa shape index (κ1) is 15.5. The van der Waals surface area contributed by atoms with Crippen molar-refractivity contribution in [2.24, 2.45) is 16.5 Å². The van der Waals surface area contributed by atoms with E-state index in [1.54, 1.807) is 12.3 Å². The maximum Gasteiger partial charge on any atom is 0.252 e. The maximum absolute atomic E-state index is 12.2. The zero-order chi connectivity index (χ0) is 15.1. The van der Waals surface area contributed by atoms with Gasteiger partial charge < -0.3 is 5.32 Å². The summed E-state index contributed by atoms with van der Waals surface area (Å²) in [4.78, 5) is 12.2. The van der Waals surface area contributed by atoms with Gasteiger partial charge in [-0.1, -0.05) is 13.8 Å². The predicted octanol–water partition coefficient (Wildman–Crippen LogP) is 1.87. The number of carbonyl (C=O) groups is 1. The fraction of sp³-hybridized carbons (Fsp3) is 0.615. The molecular weight excluding hydrogens is 296 g/mol. The number of primary sulfonamides is 1. The molecule has 1 saturated carbocycles. The molecule has 2 rings (SSSR count). The van der Waals surface area contributed by atoms with Gasteiger partial charge in [-0.2, -0.15) is 0 Å². The Morgan fingerprint density at radius 3 is 2.50 bits per heavy atom. The van der Waals surface area contributed by atoms with Crippen LogP contribution in [0.5, 0.6) is 0 Å². The first-order chi connectivity index (χ1) is 9.17. The smallest absolute Gasteiger partial charge is 0.252 e. The van der Waals surface area contributed by atoms with Crippen molar-refractivity contribution >= 4 is 27.3 Å². The summed E-state index contributed by atoms with van der Waals surface area (Å²) in [7, 11) is -3.75. The minimum atomic E-state index is -3.75. The molecule has 1 heterocycles. The van der Waals surface area contributed by atoms with E-state index in [4.69, 9.17) is 5.14 Å². The molecule has 3 N–H and O–H groups in total. The molecule has 0 spiro atoms. The first-order valence-corrected chi connectivity index (χ1v) is 8.99. The number of hydrogen-bond acceptors (Lipinski definition) is 4. The molecule has 0 unspecified atom stereocenters. The molecular formula is C13H20N2O3S2. The molecule has 0 saturated heterocycles. The minimum Gasteiger partial charge on any atom is -0.351 e. The molecule has 1 aliphatic rings. The third kappa shape index (κ3) is 2.89. The van der Waals surface area contributed by atoms with Crippen molar-refractivity contribution in [1.29, 1.82) is 0 Å². The van der Waals surface area contributed by atoms with Gasteiger partial charge in [-0.15, -0.1) is 11.3 Å². The Morgan fingerprint density at radius 2 is 2.10 bits per heavy atom. The number of rotatable bonds is 5. The number of thiophene rings is 1. The average molecular weight is 316 g/mol. The summed E-state index contributed by atoms with van der Waals surface area (Å²) < 4.78 is 22.8. The van der Waals surface area contributed by atoms with E-state index in [1.165, 1.54) is 0 Å². The summed E-state index contributed by atoms with van der Waals surface area (Å²) in [6, 6.07) is 0. The van der Waals surface area contributed by atoms with E-state index in [9.17, 15) is 13.2 Å².